The molecule has 26 heavy (non-hydrogen) atoms. The molecule has 3 aromatic rings. The van der Waals surface area contributed by atoms with Crippen LogP contribution in [0.2, 0.25) is 0 Å². The van der Waals surface area contributed by atoms with Crippen LogP contribution in [0.3, 0.4) is 0 Å². The molecule has 1 aliphatic heterocycles. The molecule has 0 saturated carbocycles. The average Bonchev–Trinajstić information content (AvgIpc) is 3.24. The maximum absolute atomic E-state index is 13.3. The van der Waals surface area contributed by atoms with Gasteiger partial charge in [0.1, 0.15) is 0 Å². The molecule has 0 fully saturated rings. The molecule has 0 aliphatic carbocycles. The number of aromatic nitrogens is 3. The number of benzene rings is 1. The Kier molecular flexibility index (Phi) is 4.28. The second-order valence-corrected chi connectivity index (χ2v) is 7.37. The van der Waals surface area contributed by atoms with Crippen molar-refractivity contribution >= 4 is 16.8 Å². The van der Waals surface area contributed by atoms with E-state index in [9.17, 15) is 4.79 Å². The zero-order valence-electron chi connectivity index (χ0n) is 15.6. The number of aryl methyl sites for hydroxylation is 1. The van der Waals surface area contributed by atoms with Crippen molar-refractivity contribution in [2.45, 2.75) is 19.0 Å². The number of amides is 1. The molecule has 6 heteroatoms. The molecule has 4 rings (SSSR count). The lowest BCUT2D eigenvalue weighted by molar-refractivity contribution is 0.0661. The van der Waals surface area contributed by atoms with Crippen LogP contribution in [0.15, 0.2) is 42.7 Å². The van der Waals surface area contributed by atoms with Gasteiger partial charge in [-0.2, -0.15) is 5.10 Å². The third kappa shape index (κ3) is 2.90. The third-order valence-corrected chi connectivity index (χ3v) is 5.21. The van der Waals surface area contributed by atoms with E-state index in [0.29, 0.717) is 13.1 Å². The summed E-state index contributed by atoms with van der Waals surface area (Å²) < 4.78 is 4.12. The van der Waals surface area contributed by atoms with Gasteiger partial charge in [-0.15, -0.1) is 0 Å². The number of rotatable bonds is 4. The van der Waals surface area contributed by atoms with Crippen molar-refractivity contribution in [1.29, 1.82) is 0 Å². The number of hydrogen-bond donors (Lipinski definition) is 0. The summed E-state index contributed by atoms with van der Waals surface area (Å²) in [6.45, 7) is 2.28. The van der Waals surface area contributed by atoms with Crippen LogP contribution in [0.1, 0.15) is 28.5 Å². The Morgan fingerprint density at radius 1 is 1.27 bits per heavy atom. The van der Waals surface area contributed by atoms with E-state index in [1.54, 1.807) is 0 Å². The Labute approximate surface area is 153 Å². The molecule has 1 aliphatic rings. The van der Waals surface area contributed by atoms with Crippen molar-refractivity contribution in [3.05, 3.63) is 54.0 Å². The summed E-state index contributed by atoms with van der Waals surface area (Å²) in [6, 6.07) is 10.3. The molecule has 1 amide bonds. The first kappa shape index (κ1) is 16.8. The van der Waals surface area contributed by atoms with Gasteiger partial charge in [0, 0.05) is 36.9 Å². The lowest BCUT2D eigenvalue weighted by Gasteiger charge is -2.34. The van der Waals surface area contributed by atoms with Gasteiger partial charge in [-0.3, -0.25) is 9.48 Å². The van der Waals surface area contributed by atoms with Crippen molar-refractivity contribution in [2.75, 3.05) is 27.2 Å². The highest BCUT2D eigenvalue weighted by Crippen LogP contribution is 2.27. The molecule has 1 atom stereocenters. The summed E-state index contributed by atoms with van der Waals surface area (Å²) in [4.78, 5) is 17.5. The van der Waals surface area contributed by atoms with Crippen LogP contribution >= 0.6 is 0 Å². The Morgan fingerprint density at radius 3 is 2.88 bits per heavy atom. The van der Waals surface area contributed by atoms with Gasteiger partial charge in [0.05, 0.1) is 23.8 Å². The zero-order valence-corrected chi connectivity index (χ0v) is 15.6. The number of nitrogens with zero attached hydrogens (tertiary/aromatic N) is 5. The lowest BCUT2D eigenvalue weighted by atomic mass is 10.1. The van der Waals surface area contributed by atoms with E-state index in [2.05, 4.69) is 34.8 Å². The van der Waals surface area contributed by atoms with Gasteiger partial charge in [0.2, 0.25) is 0 Å². The van der Waals surface area contributed by atoms with Gasteiger partial charge < -0.3 is 14.4 Å². The fourth-order valence-electron chi connectivity index (χ4n) is 3.85. The molecule has 136 valence electrons. The maximum Gasteiger partial charge on any atom is 0.256 e. The molecule has 2 aromatic heterocycles. The van der Waals surface area contributed by atoms with E-state index >= 15 is 0 Å². The first-order valence-electron chi connectivity index (χ1n) is 9.05. The first-order chi connectivity index (χ1) is 12.5. The molecule has 0 N–H and O–H groups in total. The number of hydrogen-bond acceptors (Lipinski definition) is 3. The standard InChI is InChI=1S/C20H25N5O/c1-22(2)11-9-16-13-24(12-15-8-10-21-25(15)16)20(26)18-14-23(3)19-7-5-4-6-17(18)19/h4-8,10,14,16H,9,11-13H2,1-3H3. The molecule has 6 nitrogen and oxygen atoms in total. The Morgan fingerprint density at radius 2 is 2.08 bits per heavy atom. The van der Waals surface area contributed by atoms with E-state index in [0.717, 1.165) is 35.1 Å². The van der Waals surface area contributed by atoms with Crippen LogP contribution in [-0.2, 0) is 13.6 Å². The summed E-state index contributed by atoms with van der Waals surface area (Å²) in [6.07, 6.45) is 4.76. The quantitative estimate of drug-likeness (QED) is 0.726. The second kappa shape index (κ2) is 6.61. The summed E-state index contributed by atoms with van der Waals surface area (Å²) in [5.74, 6) is 0.101. The highest BCUT2D eigenvalue weighted by molar-refractivity contribution is 6.07. The monoisotopic (exact) mass is 351 g/mol. The van der Waals surface area contributed by atoms with Crippen LogP contribution in [0.4, 0.5) is 0 Å². The highest BCUT2D eigenvalue weighted by atomic mass is 16.2. The van der Waals surface area contributed by atoms with Crippen molar-refractivity contribution < 1.29 is 4.79 Å². The van der Waals surface area contributed by atoms with Crippen LogP contribution in [0.25, 0.3) is 10.9 Å². The minimum absolute atomic E-state index is 0.101. The minimum atomic E-state index is 0.101. The summed E-state index contributed by atoms with van der Waals surface area (Å²) in [7, 11) is 6.14. The van der Waals surface area contributed by atoms with Crippen molar-refractivity contribution in [2.24, 2.45) is 7.05 Å². The SMILES string of the molecule is CN(C)CCC1CN(C(=O)c2cn(C)c3ccccc23)Cc2ccnn21. The minimum Gasteiger partial charge on any atom is -0.350 e. The molecule has 1 aromatic carbocycles. The molecule has 1 unspecified atom stereocenters. The molecule has 0 spiro atoms. The predicted molar refractivity (Wildman–Crippen MR) is 102 cm³/mol. The highest BCUT2D eigenvalue weighted by Gasteiger charge is 2.30. The third-order valence-electron chi connectivity index (χ3n) is 5.21. The Bertz CT molecular complexity index is 939. The average molecular weight is 351 g/mol. The predicted octanol–water partition coefficient (Wildman–Crippen LogP) is 2.52. The van der Waals surface area contributed by atoms with Crippen LogP contribution in [0, 0.1) is 0 Å². The molecule has 0 radical (unpaired) electrons. The summed E-state index contributed by atoms with van der Waals surface area (Å²) in [5, 5.41) is 5.51. The van der Waals surface area contributed by atoms with Crippen LogP contribution < -0.4 is 0 Å². The first-order valence-corrected chi connectivity index (χ1v) is 9.05. The smallest absolute Gasteiger partial charge is 0.256 e. The number of para-hydroxylation sites is 1. The van der Waals surface area contributed by atoms with E-state index < -0.39 is 0 Å². The fourth-order valence-corrected chi connectivity index (χ4v) is 3.85. The van der Waals surface area contributed by atoms with Crippen molar-refractivity contribution in [1.82, 2.24) is 24.1 Å². The van der Waals surface area contributed by atoms with E-state index in [4.69, 9.17) is 0 Å². The maximum atomic E-state index is 13.3. The largest absolute Gasteiger partial charge is 0.350 e. The van der Waals surface area contributed by atoms with Crippen LogP contribution in [-0.4, -0.2) is 57.2 Å². The van der Waals surface area contributed by atoms with Crippen molar-refractivity contribution in [3.8, 4) is 0 Å². The summed E-state index contributed by atoms with van der Waals surface area (Å²) >= 11 is 0. The lowest BCUT2D eigenvalue weighted by Crippen LogP contribution is -2.42. The Balaban J connectivity index is 1.64. The van der Waals surface area contributed by atoms with E-state index in [1.807, 2.05) is 53.2 Å². The van der Waals surface area contributed by atoms with Gasteiger partial charge in [-0.05, 0) is 39.2 Å². The van der Waals surface area contributed by atoms with E-state index in [1.165, 1.54) is 0 Å². The van der Waals surface area contributed by atoms with Gasteiger partial charge in [0.25, 0.3) is 5.91 Å². The van der Waals surface area contributed by atoms with Crippen LogP contribution in [0.5, 0.6) is 0 Å². The van der Waals surface area contributed by atoms with Crippen molar-refractivity contribution in [3.63, 3.8) is 0 Å². The topological polar surface area (TPSA) is 46.3 Å². The zero-order chi connectivity index (χ0) is 18.3. The Hall–Kier alpha value is -2.60. The van der Waals surface area contributed by atoms with E-state index in [-0.39, 0.29) is 11.9 Å². The number of fused-ring (bicyclic) bond motifs is 2. The van der Waals surface area contributed by atoms with Gasteiger partial charge >= 0.3 is 0 Å². The van der Waals surface area contributed by atoms with Gasteiger partial charge in [-0.25, -0.2) is 0 Å². The number of carbonyl (C=O) groups is 1. The fraction of sp³-hybridized carbons (Fsp3) is 0.400. The normalized spacial score (nSPS) is 17.1. The molecule has 3 heterocycles. The molecule has 0 saturated heterocycles. The summed E-state index contributed by atoms with van der Waals surface area (Å²) in [5.41, 5.74) is 2.97. The van der Waals surface area contributed by atoms with Gasteiger partial charge in [0.15, 0.2) is 0 Å². The van der Waals surface area contributed by atoms with Gasteiger partial charge in [-0.1, -0.05) is 18.2 Å². The number of carbonyl (C=O) groups excluding carboxylic acids is 1. The molecule has 0 bridgehead atoms. The second-order valence-electron chi connectivity index (χ2n) is 7.37. The molecular weight excluding hydrogens is 326 g/mol. The molecular formula is C20H25N5O.